The predicted octanol–water partition coefficient (Wildman–Crippen LogP) is 0.590. The summed E-state index contributed by atoms with van der Waals surface area (Å²) >= 11 is 0. The number of ether oxygens (including phenoxy) is 1. The van der Waals surface area contributed by atoms with Crippen LogP contribution in [0.1, 0.15) is 12.0 Å². The van der Waals surface area contributed by atoms with Crippen LogP contribution in [0.15, 0.2) is 12.3 Å². The average molecular weight is 280 g/mol. The molecule has 2 fully saturated rings. The van der Waals surface area contributed by atoms with Gasteiger partial charge in [-0.05, 0) is 12.5 Å². The van der Waals surface area contributed by atoms with E-state index in [9.17, 15) is 4.39 Å². The van der Waals surface area contributed by atoms with Crippen molar-refractivity contribution in [3.63, 3.8) is 0 Å². The molecule has 2 aliphatic heterocycles. The van der Waals surface area contributed by atoms with Gasteiger partial charge in [0.2, 0.25) is 0 Å². The van der Waals surface area contributed by atoms with E-state index < -0.39 is 0 Å². The Hall–Kier alpha value is -1.24. The average Bonchev–Trinajstić information content (AvgIpc) is 2.97. The molecule has 2 N–H and O–H groups in total. The maximum Gasteiger partial charge on any atom is 0.141 e. The highest BCUT2D eigenvalue weighted by atomic mass is 19.1. The summed E-state index contributed by atoms with van der Waals surface area (Å²) in [7, 11) is 0. The Labute approximate surface area is 118 Å². The van der Waals surface area contributed by atoms with Crippen molar-refractivity contribution in [1.29, 1.82) is 0 Å². The molecule has 1 unspecified atom stereocenters. The molecule has 6 heteroatoms. The number of halogens is 1. The SMILES string of the molecule is NCc1cc(F)cnc1N1CCC(N2CCOCC2)C1. The predicted molar refractivity (Wildman–Crippen MR) is 75.1 cm³/mol. The van der Waals surface area contributed by atoms with Crippen LogP contribution < -0.4 is 10.6 Å². The van der Waals surface area contributed by atoms with E-state index in [2.05, 4.69) is 14.8 Å². The Morgan fingerprint density at radius 3 is 2.90 bits per heavy atom. The van der Waals surface area contributed by atoms with Crippen LogP contribution in [-0.2, 0) is 11.3 Å². The normalized spacial score (nSPS) is 24.3. The van der Waals surface area contributed by atoms with Crippen molar-refractivity contribution in [1.82, 2.24) is 9.88 Å². The molecule has 0 aromatic carbocycles. The number of aromatic nitrogens is 1. The highest BCUT2D eigenvalue weighted by Crippen LogP contribution is 2.25. The Kier molecular flexibility index (Phi) is 4.14. The first-order valence-electron chi connectivity index (χ1n) is 7.19. The molecule has 2 saturated heterocycles. The Bertz CT molecular complexity index is 464. The lowest BCUT2D eigenvalue weighted by Crippen LogP contribution is -2.44. The van der Waals surface area contributed by atoms with Crippen molar-refractivity contribution in [2.24, 2.45) is 5.73 Å². The Morgan fingerprint density at radius 2 is 2.15 bits per heavy atom. The summed E-state index contributed by atoms with van der Waals surface area (Å²) in [5.41, 5.74) is 6.49. The van der Waals surface area contributed by atoms with Crippen molar-refractivity contribution >= 4 is 5.82 Å². The van der Waals surface area contributed by atoms with Crippen LogP contribution in [0.3, 0.4) is 0 Å². The largest absolute Gasteiger partial charge is 0.379 e. The summed E-state index contributed by atoms with van der Waals surface area (Å²) in [5.74, 6) is 0.516. The van der Waals surface area contributed by atoms with Crippen molar-refractivity contribution < 1.29 is 9.13 Å². The highest BCUT2D eigenvalue weighted by molar-refractivity contribution is 5.48. The van der Waals surface area contributed by atoms with Gasteiger partial charge >= 0.3 is 0 Å². The zero-order valence-electron chi connectivity index (χ0n) is 11.6. The van der Waals surface area contributed by atoms with E-state index in [0.29, 0.717) is 12.6 Å². The second kappa shape index (κ2) is 6.03. The summed E-state index contributed by atoms with van der Waals surface area (Å²) in [6.45, 7) is 5.84. The molecule has 0 spiro atoms. The minimum absolute atomic E-state index is 0.318. The van der Waals surface area contributed by atoms with Gasteiger partial charge in [0, 0.05) is 44.3 Å². The summed E-state index contributed by atoms with van der Waals surface area (Å²) in [5, 5.41) is 0. The zero-order valence-corrected chi connectivity index (χ0v) is 11.6. The number of hydrogen-bond donors (Lipinski definition) is 1. The van der Waals surface area contributed by atoms with Gasteiger partial charge in [-0.25, -0.2) is 9.37 Å². The van der Waals surface area contributed by atoms with Crippen molar-refractivity contribution in [2.75, 3.05) is 44.3 Å². The van der Waals surface area contributed by atoms with E-state index in [0.717, 1.165) is 57.2 Å². The van der Waals surface area contributed by atoms with Crippen LogP contribution >= 0.6 is 0 Å². The molecule has 3 heterocycles. The van der Waals surface area contributed by atoms with Crippen molar-refractivity contribution in [3.8, 4) is 0 Å². The van der Waals surface area contributed by atoms with Crippen molar-refractivity contribution in [3.05, 3.63) is 23.6 Å². The maximum absolute atomic E-state index is 13.2. The lowest BCUT2D eigenvalue weighted by atomic mass is 10.2. The monoisotopic (exact) mass is 280 g/mol. The number of morpholine rings is 1. The smallest absolute Gasteiger partial charge is 0.141 e. The quantitative estimate of drug-likeness (QED) is 0.878. The Balaban J connectivity index is 1.70. The molecule has 0 radical (unpaired) electrons. The third-order valence-electron chi connectivity index (χ3n) is 4.15. The first kappa shape index (κ1) is 13.7. The number of anilines is 1. The molecule has 1 aromatic heterocycles. The van der Waals surface area contributed by atoms with Crippen LogP contribution in [-0.4, -0.2) is 55.3 Å². The molecule has 1 atom stereocenters. The van der Waals surface area contributed by atoms with Gasteiger partial charge in [0.25, 0.3) is 0 Å². The highest BCUT2D eigenvalue weighted by Gasteiger charge is 2.30. The fourth-order valence-electron chi connectivity index (χ4n) is 3.08. The number of hydrogen-bond acceptors (Lipinski definition) is 5. The molecule has 0 amide bonds. The molecular formula is C14H21FN4O. The van der Waals surface area contributed by atoms with Crippen LogP contribution in [0.5, 0.6) is 0 Å². The van der Waals surface area contributed by atoms with Gasteiger partial charge in [0.1, 0.15) is 11.6 Å². The molecule has 0 bridgehead atoms. The van der Waals surface area contributed by atoms with Gasteiger partial charge in [-0.3, -0.25) is 4.90 Å². The molecule has 0 aliphatic carbocycles. The maximum atomic E-state index is 13.2. The van der Waals surface area contributed by atoms with Crippen LogP contribution in [0.4, 0.5) is 10.2 Å². The van der Waals surface area contributed by atoms with Gasteiger partial charge in [0.05, 0.1) is 19.4 Å². The number of nitrogens with zero attached hydrogens (tertiary/aromatic N) is 3. The zero-order chi connectivity index (χ0) is 13.9. The molecular weight excluding hydrogens is 259 g/mol. The molecule has 20 heavy (non-hydrogen) atoms. The number of pyridine rings is 1. The second-order valence-electron chi connectivity index (χ2n) is 5.38. The van der Waals surface area contributed by atoms with E-state index in [4.69, 9.17) is 10.5 Å². The van der Waals surface area contributed by atoms with Gasteiger partial charge in [-0.1, -0.05) is 0 Å². The number of nitrogens with two attached hydrogens (primary N) is 1. The molecule has 2 aliphatic rings. The Morgan fingerprint density at radius 1 is 1.35 bits per heavy atom. The lowest BCUT2D eigenvalue weighted by molar-refractivity contribution is 0.0209. The summed E-state index contributed by atoms with van der Waals surface area (Å²) in [4.78, 5) is 8.94. The fraction of sp³-hybridized carbons (Fsp3) is 0.643. The van der Waals surface area contributed by atoms with E-state index in [-0.39, 0.29) is 5.82 Å². The molecule has 5 nitrogen and oxygen atoms in total. The third kappa shape index (κ3) is 2.77. The first-order chi connectivity index (χ1) is 9.78. The summed E-state index contributed by atoms with van der Waals surface area (Å²) in [6.07, 6.45) is 2.39. The van der Waals surface area contributed by atoms with E-state index in [1.165, 1.54) is 12.3 Å². The topological polar surface area (TPSA) is 54.6 Å². The third-order valence-corrected chi connectivity index (χ3v) is 4.15. The van der Waals surface area contributed by atoms with Crippen LogP contribution in [0.25, 0.3) is 0 Å². The molecule has 110 valence electrons. The summed E-state index contributed by atoms with van der Waals surface area (Å²) < 4.78 is 18.6. The minimum Gasteiger partial charge on any atom is -0.379 e. The standard InChI is InChI=1S/C14H21FN4O/c15-12-7-11(8-16)14(17-9-12)19-2-1-13(10-19)18-3-5-20-6-4-18/h7,9,13H,1-6,8,10,16H2. The van der Waals surface area contributed by atoms with Gasteiger partial charge in [0.15, 0.2) is 0 Å². The fourth-order valence-corrected chi connectivity index (χ4v) is 3.08. The van der Waals surface area contributed by atoms with Crippen molar-refractivity contribution in [2.45, 2.75) is 19.0 Å². The summed E-state index contributed by atoms with van der Waals surface area (Å²) in [6, 6.07) is 2.03. The van der Waals surface area contributed by atoms with Gasteiger partial charge in [-0.15, -0.1) is 0 Å². The van der Waals surface area contributed by atoms with Crippen LogP contribution in [0, 0.1) is 5.82 Å². The molecule has 3 rings (SSSR count). The minimum atomic E-state index is -0.321. The van der Waals surface area contributed by atoms with E-state index >= 15 is 0 Å². The lowest BCUT2D eigenvalue weighted by Gasteiger charge is -2.32. The van der Waals surface area contributed by atoms with Crippen LogP contribution in [0.2, 0.25) is 0 Å². The van der Waals surface area contributed by atoms with E-state index in [1.807, 2.05) is 0 Å². The molecule has 0 saturated carbocycles. The van der Waals surface area contributed by atoms with Gasteiger partial charge < -0.3 is 15.4 Å². The van der Waals surface area contributed by atoms with Gasteiger partial charge in [-0.2, -0.15) is 0 Å². The molecule has 1 aromatic rings. The number of rotatable bonds is 3. The van der Waals surface area contributed by atoms with E-state index in [1.54, 1.807) is 0 Å². The second-order valence-corrected chi connectivity index (χ2v) is 5.38. The first-order valence-corrected chi connectivity index (χ1v) is 7.19.